The van der Waals surface area contributed by atoms with Crippen LogP contribution in [0.15, 0.2) is 29.3 Å². The summed E-state index contributed by atoms with van der Waals surface area (Å²) in [6.45, 7) is 2.38. The highest BCUT2D eigenvalue weighted by molar-refractivity contribution is 6.01. The number of unbranched alkanes of at least 4 members (excludes halogenated alkanes) is 1. The summed E-state index contributed by atoms with van der Waals surface area (Å²) in [7, 11) is 6.65. The SMILES string of the molecule is CNc1cc(OCCCCOc2cc3c(cc2OC)C(=O)N(C)CCCCC=N3)c(OC)cc1C(=O)N1CCC(O)C1. The molecule has 2 heterocycles. The third-order valence-corrected chi connectivity index (χ3v) is 7.47. The van der Waals surface area contributed by atoms with Gasteiger partial charge in [-0.15, -0.1) is 0 Å². The number of benzene rings is 2. The number of nitrogens with zero attached hydrogens (tertiary/aromatic N) is 3. The smallest absolute Gasteiger partial charge is 0.256 e. The summed E-state index contributed by atoms with van der Waals surface area (Å²) in [5.41, 5.74) is 2.17. The molecule has 0 bridgehead atoms. The van der Waals surface area contributed by atoms with Crippen molar-refractivity contribution in [1.29, 1.82) is 0 Å². The Morgan fingerprint density at radius 3 is 2.33 bits per heavy atom. The largest absolute Gasteiger partial charge is 0.493 e. The molecule has 228 valence electrons. The van der Waals surface area contributed by atoms with Gasteiger partial charge in [0, 0.05) is 52.1 Å². The van der Waals surface area contributed by atoms with Crippen molar-refractivity contribution < 1.29 is 33.6 Å². The summed E-state index contributed by atoms with van der Waals surface area (Å²) < 4.78 is 23.1. The number of rotatable bonds is 11. The van der Waals surface area contributed by atoms with Crippen molar-refractivity contribution in [3.05, 3.63) is 35.4 Å². The van der Waals surface area contributed by atoms with Gasteiger partial charge in [0.05, 0.1) is 56.0 Å². The molecule has 1 fully saturated rings. The van der Waals surface area contributed by atoms with E-state index in [9.17, 15) is 14.7 Å². The fraction of sp³-hybridized carbons (Fsp3) is 0.516. The number of anilines is 1. The maximum absolute atomic E-state index is 13.0. The maximum Gasteiger partial charge on any atom is 0.256 e. The van der Waals surface area contributed by atoms with Crippen LogP contribution in [0.1, 0.15) is 59.2 Å². The van der Waals surface area contributed by atoms with Crippen molar-refractivity contribution in [1.82, 2.24) is 9.80 Å². The quantitative estimate of drug-likeness (QED) is 0.379. The Bertz CT molecular complexity index is 1280. The highest BCUT2D eigenvalue weighted by Crippen LogP contribution is 2.37. The number of β-amino-alcohol motifs (C(OH)–C–C–N with tert-alkyl or cyclic N) is 1. The molecular formula is C31H42N4O7. The van der Waals surface area contributed by atoms with Gasteiger partial charge in [-0.25, -0.2) is 0 Å². The second kappa shape index (κ2) is 14.8. The molecule has 2 N–H and O–H groups in total. The van der Waals surface area contributed by atoms with Crippen LogP contribution < -0.4 is 24.3 Å². The molecule has 1 atom stereocenters. The van der Waals surface area contributed by atoms with Crippen LogP contribution in [-0.2, 0) is 0 Å². The van der Waals surface area contributed by atoms with Crippen LogP contribution in [0.3, 0.4) is 0 Å². The molecule has 2 aromatic rings. The third-order valence-electron chi connectivity index (χ3n) is 7.47. The average Bonchev–Trinajstić information content (AvgIpc) is 3.45. The number of ether oxygens (including phenoxy) is 4. The van der Waals surface area contributed by atoms with Crippen molar-refractivity contribution in [2.24, 2.45) is 4.99 Å². The number of aliphatic hydroxyl groups excluding tert-OH is 1. The predicted octanol–water partition coefficient (Wildman–Crippen LogP) is 4.15. The average molecular weight is 583 g/mol. The molecule has 1 unspecified atom stereocenters. The molecule has 0 spiro atoms. The first-order valence-corrected chi connectivity index (χ1v) is 14.5. The molecule has 2 amide bonds. The zero-order valence-electron chi connectivity index (χ0n) is 25.0. The Hall–Kier alpha value is -3.99. The zero-order valence-corrected chi connectivity index (χ0v) is 25.0. The van der Waals surface area contributed by atoms with Crippen molar-refractivity contribution in [2.45, 2.75) is 44.6 Å². The first-order valence-electron chi connectivity index (χ1n) is 14.5. The van der Waals surface area contributed by atoms with Gasteiger partial charge >= 0.3 is 0 Å². The first kappa shape index (κ1) is 31.0. The Morgan fingerprint density at radius 2 is 1.69 bits per heavy atom. The lowest BCUT2D eigenvalue weighted by Crippen LogP contribution is -2.30. The zero-order chi connectivity index (χ0) is 30.1. The summed E-state index contributed by atoms with van der Waals surface area (Å²) in [4.78, 5) is 34.0. The molecule has 0 saturated carbocycles. The van der Waals surface area contributed by atoms with E-state index in [-0.39, 0.29) is 11.8 Å². The standard InChI is InChI=1S/C31H42N4O7/c1-32-24-18-28(26(39-3)16-22(24)31(38)35-13-10-21(36)20-35)41-14-8-9-15-42-29-19-25-23(17-27(29)40-4)30(37)34(2)12-7-5-6-11-33-25/h11,16-19,21,32,36H,5-10,12-15,20H2,1-4H3. The van der Waals surface area contributed by atoms with E-state index in [0.717, 1.165) is 19.3 Å². The van der Waals surface area contributed by atoms with Crippen LogP contribution in [0.4, 0.5) is 11.4 Å². The van der Waals surface area contributed by atoms with E-state index < -0.39 is 6.10 Å². The topological polar surface area (TPSA) is 122 Å². The van der Waals surface area contributed by atoms with E-state index >= 15 is 0 Å². The first-order chi connectivity index (χ1) is 20.4. The number of hydrogen-bond donors (Lipinski definition) is 2. The van der Waals surface area contributed by atoms with E-state index in [4.69, 9.17) is 18.9 Å². The van der Waals surface area contributed by atoms with Gasteiger partial charge in [0.1, 0.15) is 0 Å². The van der Waals surface area contributed by atoms with Gasteiger partial charge in [0.25, 0.3) is 11.8 Å². The second-order valence-corrected chi connectivity index (χ2v) is 10.5. The van der Waals surface area contributed by atoms with Crippen LogP contribution in [-0.4, -0.2) is 100 Å². The molecule has 0 aliphatic carbocycles. The number of carbonyl (C=O) groups excluding carboxylic acids is 2. The minimum Gasteiger partial charge on any atom is -0.493 e. The van der Waals surface area contributed by atoms with Gasteiger partial charge in [0.2, 0.25) is 0 Å². The molecular weight excluding hydrogens is 540 g/mol. The van der Waals surface area contributed by atoms with Crippen LogP contribution in [0.2, 0.25) is 0 Å². The lowest BCUT2D eigenvalue weighted by atomic mass is 10.1. The van der Waals surface area contributed by atoms with Crippen molar-refractivity contribution in [2.75, 3.05) is 66.5 Å². The number of aliphatic hydroxyl groups is 1. The fourth-order valence-electron chi connectivity index (χ4n) is 5.04. The van der Waals surface area contributed by atoms with E-state index in [1.807, 2.05) is 6.21 Å². The molecule has 42 heavy (non-hydrogen) atoms. The summed E-state index contributed by atoms with van der Waals surface area (Å²) in [6.07, 6.45) is 6.13. The molecule has 1 saturated heterocycles. The van der Waals surface area contributed by atoms with E-state index in [1.165, 1.54) is 7.11 Å². The third kappa shape index (κ3) is 7.44. The predicted molar refractivity (Wildman–Crippen MR) is 161 cm³/mol. The Kier molecular flexibility index (Phi) is 10.9. The molecule has 0 aromatic heterocycles. The number of likely N-dealkylation sites (tertiary alicyclic amines) is 1. The highest BCUT2D eigenvalue weighted by Gasteiger charge is 2.28. The van der Waals surface area contributed by atoms with Gasteiger partial charge in [-0.05, 0) is 50.7 Å². The van der Waals surface area contributed by atoms with E-state index in [1.54, 1.807) is 55.3 Å². The van der Waals surface area contributed by atoms with Crippen molar-refractivity contribution >= 4 is 29.4 Å². The van der Waals surface area contributed by atoms with Gasteiger partial charge < -0.3 is 39.2 Å². The van der Waals surface area contributed by atoms with Crippen molar-refractivity contribution in [3.8, 4) is 23.0 Å². The maximum atomic E-state index is 13.0. The number of nitrogens with one attached hydrogen (secondary N) is 1. The molecule has 0 radical (unpaired) electrons. The second-order valence-electron chi connectivity index (χ2n) is 10.5. The van der Waals surface area contributed by atoms with Crippen LogP contribution in [0.5, 0.6) is 23.0 Å². The number of aliphatic imine (C=N–C) groups is 1. The number of carbonyl (C=O) groups is 2. The Labute approximate surface area is 247 Å². The van der Waals surface area contributed by atoms with Gasteiger partial charge in [-0.3, -0.25) is 14.6 Å². The van der Waals surface area contributed by atoms with Crippen LogP contribution in [0, 0.1) is 0 Å². The molecule has 2 aromatic carbocycles. The van der Waals surface area contributed by atoms with E-state index in [0.29, 0.717) is 97.6 Å². The lowest BCUT2D eigenvalue weighted by Gasteiger charge is -2.20. The van der Waals surface area contributed by atoms with Gasteiger partial charge in [-0.2, -0.15) is 0 Å². The molecule has 2 aliphatic rings. The summed E-state index contributed by atoms with van der Waals surface area (Å²) in [5.74, 6) is 1.77. The van der Waals surface area contributed by atoms with Crippen LogP contribution >= 0.6 is 0 Å². The van der Waals surface area contributed by atoms with Gasteiger partial charge in [0.15, 0.2) is 23.0 Å². The highest BCUT2D eigenvalue weighted by atomic mass is 16.5. The Balaban J connectivity index is 1.35. The lowest BCUT2D eigenvalue weighted by molar-refractivity contribution is 0.0764. The molecule has 4 rings (SSSR count). The monoisotopic (exact) mass is 582 g/mol. The molecule has 2 aliphatic heterocycles. The summed E-state index contributed by atoms with van der Waals surface area (Å²) in [6, 6.07) is 6.92. The van der Waals surface area contributed by atoms with Gasteiger partial charge in [-0.1, -0.05) is 0 Å². The summed E-state index contributed by atoms with van der Waals surface area (Å²) in [5, 5.41) is 12.9. The van der Waals surface area contributed by atoms with Crippen LogP contribution in [0.25, 0.3) is 0 Å². The molecule has 11 nitrogen and oxygen atoms in total. The number of methoxy groups -OCH3 is 2. The molecule has 11 heteroatoms. The summed E-state index contributed by atoms with van der Waals surface area (Å²) >= 11 is 0. The normalized spacial score (nSPS) is 17.1. The minimum atomic E-state index is -0.489. The Morgan fingerprint density at radius 1 is 1.00 bits per heavy atom. The number of amides is 2. The number of fused-ring (bicyclic) bond motifs is 1. The van der Waals surface area contributed by atoms with Crippen molar-refractivity contribution in [3.63, 3.8) is 0 Å². The van der Waals surface area contributed by atoms with E-state index in [2.05, 4.69) is 10.3 Å². The fourth-order valence-corrected chi connectivity index (χ4v) is 5.04. The minimum absolute atomic E-state index is 0.0878. The number of hydrogen-bond acceptors (Lipinski definition) is 9.